The normalized spacial score (nSPS) is 15.6. The zero-order chi connectivity index (χ0) is 20.1. The van der Waals surface area contributed by atoms with Crippen molar-refractivity contribution in [1.82, 2.24) is 25.0 Å². The van der Waals surface area contributed by atoms with Crippen LogP contribution < -0.4 is 5.32 Å². The number of carbonyl (C=O) groups excluding carboxylic acids is 1. The van der Waals surface area contributed by atoms with E-state index in [-0.39, 0.29) is 11.8 Å². The molecule has 3 heterocycles. The largest absolute Gasteiger partial charge is 0.337 e. The third-order valence-electron chi connectivity index (χ3n) is 5.47. The predicted octanol–water partition coefficient (Wildman–Crippen LogP) is 3.69. The second-order valence-corrected chi connectivity index (χ2v) is 8.12. The molecule has 0 aliphatic carbocycles. The number of aromatic nitrogens is 3. The summed E-state index contributed by atoms with van der Waals surface area (Å²) in [5.74, 6) is 0.100. The van der Waals surface area contributed by atoms with Crippen LogP contribution in [0.5, 0.6) is 0 Å². The molecular formula is C21H30FN5O. The number of urea groups is 1. The molecule has 1 saturated heterocycles. The molecule has 0 aromatic carbocycles. The lowest BCUT2D eigenvalue weighted by atomic mass is 9.88. The van der Waals surface area contributed by atoms with Crippen LogP contribution in [0, 0.1) is 5.82 Å². The molecule has 2 amide bonds. The summed E-state index contributed by atoms with van der Waals surface area (Å²) in [6, 6.07) is 4.98. The number of piperidine rings is 1. The highest BCUT2D eigenvalue weighted by atomic mass is 19.1. The third-order valence-corrected chi connectivity index (χ3v) is 5.47. The van der Waals surface area contributed by atoms with E-state index in [0.717, 1.165) is 25.8 Å². The molecule has 0 spiro atoms. The van der Waals surface area contributed by atoms with Crippen LogP contribution in [-0.2, 0) is 12.0 Å². The standard InChI is InChI=1S/C21H30FN5O/c1-4-12-27-18(7-11-25-27)16-8-13-26(14-9-16)20(28)24-15-21(2,3)19-17(22)6-5-10-23-19/h5-7,10-11,16H,4,8-9,12-15H2,1-3H3,(H,24,28). The first kappa shape index (κ1) is 20.3. The number of pyridine rings is 1. The van der Waals surface area contributed by atoms with Gasteiger partial charge in [0.05, 0.1) is 5.69 Å². The van der Waals surface area contributed by atoms with Crippen molar-refractivity contribution in [2.75, 3.05) is 19.6 Å². The molecule has 2 aromatic rings. The second kappa shape index (κ2) is 8.71. The lowest BCUT2D eigenvalue weighted by molar-refractivity contribution is 0.178. The Hall–Kier alpha value is -2.44. The van der Waals surface area contributed by atoms with Crippen LogP contribution in [0.25, 0.3) is 0 Å². The number of nitrogens with zero attached hydrogens (tertiary/aromatic N) is 4. The average Bonchev–Trinajstić information content (AvgIpc) is 3.15. The summed E-state index contributed by atoms with van der Waals surface area (Å²) in [4.78, 5) is 18.6. The van der Waals surface area contributed by atoms with Crippen molar-refractivity contribution in [3.63, 3.8) is 0 Å². The van der Waals surface area contributed by atoms with E-state index in [9.17, 15) is 9.18 Å². The third kappa shape index (κ3) is 4.51. The molecule has 28 heavy (non-hydrogen) atoms. The molecular weight excluding hydrogens is 357 g/mol. The molecule has 0 atom stereocenters. The number of hydrogen-bond acceptors (Lipinski definition) is 3. The molecule has 0 saturated carbocycles. The van der Waals surface area contributed by atoms with E-state index in [1.165, 1.54) is 11.8 Å². The van der Waals surface area contributed by atoms with Gasteiger partial charge in [-0.25, -0.2) is 9.18 Å². The van der Waals surface area contributed by atoms with Crippen LogP contribution in [0.1, 0.15) is 57.3 Å². The second-order valence-electron chi connectivity index (χ2n) is 8.12. The lowest BCUT2D eigenvalue weighted by Gasteiger charge is -2.33. The van der Waals surface area contributed by atoms with Crippen molar-refractivity contribution in [3.05, 3.63) is 47.8 Å². The maximum atomic E-state index is 14.0. The molecule has 152 valence electrons. The van der Waals surface area contributed by atoms with Gasteiger partial charge in [0.2, 0.25) is 0 Å². The Morgan fingerprint density at radius 1 is 1.29 bits per heavy atom. The van der Waals surface area contributed by atoms with Gasteiger partial charge in [-0.2, -0.15) is 5.10 Å². The fourth-order valence-electron chi connectivity index (χ4n) is 3.84. The SMILES string of the molecule is CCCn1nccc1C1CCN(C(=O)NCC(C)(C)c2ncccc2F)CC1. The quantitative estimate of drug-likeness (QED) is 0.822. The van der Waals surface area contributed by atoms with Crippen molar-refractivity contribution in [2.24, 2.45) is 0 Å². The number of carbonyl (C=O) groups is 1. The molecule has 0 radical (unpaired) electrons. The Labute approximate surface area is 166 Å². The Morgan fingerprint density at radius 2 is 2.04 bits per heavy atom. The number of aryl methyl sites for hydroxylation is 1. The molecule has 3 rings (SSSR count). The van der Waals surface area contributed by atoms with Gasteiger partial charge in [-0.05, 0) is 37.5 Å². The van der Waals surface area contributed by atoms with Crippen molar-refractivity contribution in [1.29, 1.82) is 0 Å². The number of halogens is 1. The Kier molecular flexibility index (Phi) is 6.31. The highest BCUT2D eigenvalue weighted by Crippen LogP contribution is 2.28. The van der Waals surface area contributed by atoms with Gasteiger partial charge in [0.1, 0.15) is 5.82 Å². The minimum absolute atomic E-state index is 0.0927. The molecule has 1 aliphatic rings. The van der Waals surface area contributed by atoms with Crippen LogP contribution in [-0.4, -0.2) is 45.3 Å². The highest BCUT2D eigenvalue weighted by Gasteiger charge is 2.29. The zero-order valence-electron chi connectivity index (χ0n) is 17.0. The Bertz CT molecular complexity index is 796. The van der Waals surface area contributed by atoms with E-state index in [2.05, 4.69) is 33.1 Å². The number of amides is 2. The van der Waals surface area contributed by atoms with E-state index in [4.69, 9.17) is 0 Å². The fourth-order valence-corrected chi connectivity index (χ4v) is 3.84. The summed E-state index contributed by atoms with van der Waals surface area (Å²) in [5, 5.41) is 7.38. The monoisotopic (exact) mass is 387 g/mol. The number of likely N-dealkylation sites (tertiary alicyclic amines) is 1. The maximum absolute atomic E-state index is 14.0. The van der Waals surface area contributed by atoms with Crippen LogP contribution in [0.4, 0.5) is 9.18 Å². The Morgan fingerprint density at radius 3 is 2.71 bits per heavy atom. The minimum atomic E-state index is -0.577. The molecule has 1 aliphatic heterocycles. The average molecular weight is 388 g/mol. The van der Waals surface area contributed by atoms with E-state index in [0.29, 0.717) is 31.2 Å². The van der Waals surface area contributed by atoms with Gasteiger partial charge in [-0.15, -0.1) is 0 Å². The fraction of sp³-hybridized carbons (Fsp3) is 0.571. The van der Waals surface area contributed by atoms with Gasteiger partial charge in [0.25, 0.3) is 0 Å². The van der Waals surface area contributed by atoms with Crippen LogP contribution in [0.2, 0.25) is 0 Å². The first-order chi connectivity index (χ1) is 13.4. The van der Waals surface area contributed by atoms with Crippen LogP contribution in [0.15, 0.2) is 30.6 Å². The topological polar surface area (TPSA) is 63.1 Å². The summed E-state index contributed by atoms with van der Waals surface area (Å²) in [7, 11) is 0. The smallest absolute Gasteiger partial charge is 0.317 e. The molecule has 1 N–H and O–H groups in total. The Balaban J connectivity index is 1.53. The van der Waals surface area contributed by atoms with Gasteiger partial charge in [-0.3, -0.25) is 9.67 Å². The summed E-state index contributed by atoms with van der Waals surface area (Å²) in [6.07, 6.45) is 6.36. The molecule has 2 aromatic heterocycles. The molecule has 0 unspecified atom stereocenters. The van der Waals surface area contributed by atoms with Crippen molar-refractivity contribution in [2.45, 2.75) is 57.9 Å². The molecule has 7 heteroatoms. The van der Waals surface area contributed by atoms with E-state index in [1.54, 1.807) is 12.3 Å². The van der Waals surface area contributed by atoms with Gasteiger partial charge >= 0.3 is 6.03 Å². The maximum Gasteiger partial charge on any atom is 0.317 e. The number of hydrogen-bond donors (Lipinski definition) is 1. The minimum Gasteiger partial charge on any atom is -0.337 e. The van der Waals surface area contributed by atoms with Gasteiger partial charge in [-0.1, -0.05) is 20.8 Å². The van der Waals surface area contributed by atoms with Crippen molar-refractivity contribution < 1.29 is 9.18 Å². The van der Waals surface area contributed by atoms with E-state index < -0.39 is 5.41 Å². The predicted molar refractivity (Wildman–Crippen MR) is 107 cm³/mol. The summed E-state index contributed by atoms with van der Waals surface area (Å²) >= 11 is 0. The number of nitrogens with one attached hydrogen (secondary N) is 1. The van der Waals surface area contributed by atoms with Crippen molar-refractivity contribution in [3.8, 4) is 0 Å². The van der Waals surface area contributed by atoms with Crippen LogP contribution in [0.3, 0.4) is 0 Å². The molecule has 6 nitrogen and oxygen atoms in total. The first-order valence-electron chi connectivity index (χ1n) is 10.1. The van der Waals surface area contributed by atoms with Gasteiger partial charge < -0.3 is 10.2 Å². The summed E-state index contributed by atoms with van der Waals surface area (Å²) in [5.41, 5.74) is 1.07. The first-order valence-corrected chi connectivity index (χ1v) is 10.1. The van der Waals surface area contributed by atoms with Crippen LogP contribution >= 0.6 is 0 Å². The lowest BCUT2D eigenvalue weighted by Crippen LogP contribution is -2.47. The number of rotatable bonds is 6. The molecule has 0 bridgehead atoms. The van der Waals surface area contributed by atoms with Crippen molar-refractivity contribution >= 4 is 6.03 Å². The van der Waals surface area contributed by atoms with Gasteiger partial charge in [0.15, 0.2) is 0 Å². The molecule has 1 fully saturated rings. The van der Waals surface area contributed by atoms with E-state index >= 15 is 0 Å². The highest BCUT2D eigenvalue weighted by molar-refractivity contribution is 5.74. The van der Waals surface area contributed by atoms with Gasteiger partial charge in [0, 0.05) is 55.6 Å². The zero-order valence-corrected chi connectivity index (χ0v) is 17.0. The van der Waals surface area contributed by atoms with E-state index in [1.807, 2.05) is 24.9 Å². The summed E-state index contributed by atoms with van der Waals surface area (Å²) < 4.78 is 16.1. The summed E-state index contributed by atoms with van der Waals surface area (Å²) in [6.45, 7) is 8.62.